The quantitative estimate of drug-likeness (QED) is 0.503. The molecule has 1 heterocycles. The van der Waals surface area contributed by atoms with Crippen molar-refractivity contribution in [2.24, 2.45) is 15.5 Å². The van der Waals surface area contributed by atoms with Crippen molar-refractivity contribution in [1.29, 1.82) is 0 Å². The summed E-state index contributed by atoms with van der Waals surface area (Å²) >= 11 is 0. The van der Waals surface area contributed by atoms with Gasteiger partial charge in [-0.3, -0.25) is 15.6 Å². The van der Waals surface area contributed by atoms with Crippen molar-refractivity contribution < 1.29 is 56.5 Å². The number of benzene rings is 1. The summed E-state index contributed by atoms with van der Waals surface area (Å²) in [5.41, 5.74) is 4.24. The molecule has 0 spiro atoms. The topological polar surface area (TPSA) is 74.7 Å². The minimum atomic E-state index is 0. The summed E-state index contributed by atoms with van der Waals surface area (Å²) in [5, 5.41) is 21.7. The third-order valence-corrected chi connectivity index (χ3v) is 1.66. The standard InChI is InChI=1S/C8H8N5O.K/c14-8-4-2-1-3-7(8)5-10-13-6-9-11-12-13;/h1-5H,6H2,(H-,9,10,12,14);/q-1;+1. The predicted molar refractivity (Wildman–Crippen MR) is 50.6 cm³/mol. The van der Waals surface area contributed by atoms with Gasteiger partial charge in [-0.05, 0) is 12.1 Å². The van der Waals surface area contributed by atoms with Gasteiger partial charge >= 0.3 is 51.4 Å². The molecule has 72 valence electrons. The van der Waals surface area contributed by atoms with Crippen molar-refractivity contribution in [3.05, 3.63) is 35.3 Å². The first-order valence-electron chi connectivity index (χ1n) is 4.03. The molecule has 6 nitrogen and oxygen atoms in total. The number of hydrazone groups is 1. The van der Waals surface area contributed by atoms with Crippen LogP contribution < -0.4 is 51.4 Å². The van der Waals surface area contributed by atoms with Gasteiger partial charge in [0, 0.05) is 5.56 Å². The molecule has 1 aliphatic rings. The number of phenols is 1. The van der Waals surface area contributed by atoms with Crippen LogP contribution in [0.15, 0.2) is 39.8 Å². The first-order chi connectivity index (χ1) is 6.86. The van der Waals surface area contributed by atoms with E-state index in [2.05, 4.69) is 21.0 Å². The van der Waals surface area contributed by atoms with Crippen molar-refractivity contribution in [2.45, 2.75) is 0 Å². The zero-order valence-corrected chi connectivity index (χ0v) is 11.4. The second-order valence-electron chi connectivity index (χ2n) is 2.64. The van der Waals surface area contributed by atoms with Crippen LogP contribution in [0.25, 0.3) is 5.43 Å². The minimum Gasteiger partial charge on any atom is -0.507 e. The van der Waals surface area contributed by atoms with Gasteiger partial charge < -0.3 is 10.5 Å². The van der Waals surface area contributed by atoms with Gasteiger partial charge in [0.05, 0.1) is 12.9 Å². The van der Waals surface area contributed by atoms with E-state index in [4.69, 9.17) is 0 Å². The Hall–Kier alpha value is -0.474. The monoisotopic (exact) mass is 229 g/mol. The van der Waals surface area contributed by atoms with E-state index in [1.165, 1.54) is 11.3 Å². The minimum absolute atomic E-state index is 0. The SMILES string of the molecule is Oc1ccccc1/C=N/N1C[N-]N=N1.[K+]. The molecule has 1 N–H and O–H groups in total. The van der Waals surface area contributed by atoms with Gasteiger partial charge in [0.15, 0.2) is 0 Å². The second-order valence-corrected chi connectivity index (χ2v) is 2.64. The van der Waals surface area contributed by atoms with E-state index in [1.807, 2.05) is 6.07 Å². The number of phenolic OH excluding ortho intramolecular Hbond substituents is 1. The molecule has 0 atom stereocenters. The molecule has 0 aromatic heterocycles. The third-order valence-electron chi connectivity index (χ3n) is 1.66. The van der Waals surface area contributed by atoms with E-state index in [0.717, 1.165) is 0 Å². The van der Waals surface area contributed by atoms with Crippen molar-refractivity contribution in [2.75, 3.05) is 6.67 Å². The molecule has 2 rings (SSSR count). The van der Waals surface area contributed by atoms with Crippen LogP contribution in [0.2, 0.25) is 0 Å². The number of hydrogen-bond donors (Lipinski definition) is 1. The molecule has 1 aromatic carbocycles. The Kier molecular flexibility index (Phi) is 5.19. The fourth-order valence-electron chi connectivity index (χ4n) is 0.973. The molecule has 1 aliphatic heterocycles. The fourth-order valence-corrected chi connectivity index (χ4v) is 0.973. The number of nitrogens with zero attached hydrogens (tertiary/aromatic N) is 5. The Morgan fingerprint density at radius 2 is 2.27 bits per heavy atom. The summed E-state index contributed by atoms with van der Waals surface area (Å²) in [6, 6.07) is 6.91. The number of hydrogen-bond acceptors (Lipinski definition) is 5. The third kappa shape index (κ3) is 3.54. The summed E-state index contributed by atoms with van der Waals surface area (Å²) in [7, 11) is 0. The van der Waals surface area contributed by atoms with Crippen LogP contribution >= 0.6 is 0 Å². The summed E-state index contributed by atoms with van der Waals surface area (Å²) in [6.45, 7) is 0.324. The van der Waals surface area contributed by atoms with Crippen LogP contribution in [0.3, 0.4) is 0 Å². The van der Waals surface area contributed by atoms with Gasteiger partial charge in [-0.1, -0.05) is 12.1 Å². The molecule has 0 unspecified atom stereocenters. The van der Waals surface area contributed by atoms with Crippen molar-refractivity contribution in [1.82, 2.24) is 5.12 Å². The van der Waals surface area contributed by atoms with Crippen molar-refractivity contribution >= 4 is 6.21 Å². The number of rotatable bonds is 2. The number of aromatic hydroxyl groups is 1. The van der Waals surface area contributed by atoms with Gasteiger partial charge in [-0.25, -0.2) is 0 Å². The summed E-state index contributed by atoms with van der Waals surface area (Å²) in [5.74, 6) is 0.185. The fraction of sp³-hybridized carbons (Fsp3) is 0.125. The molecular formula is C8H8KN5O. The number of para-hydroxylation sites is 1. The molecule has 0 fully saturated rings. The van der Waals surface area contributed by atoms with Gasteiger partial charge in [-0.15, -0.1) is 0 Å². The zero-order chi connectivity index (χ0) is 9.80. The van der Waals surface area contributed by atoms with Gasteiger partial charge in [0.25, 0.3) is 0 Å². The Morgan fingerprint density at radius 3 is 2.93 bits per heavy atom. The van der Waals surface area contributed by atoms with Crippen LogP contribution in [0.1, 0.15) is 5.56 Å². The first-order valence-corrected chi connectivity index (χ1v) is 4.03. The average Bonchev–Trinajstić information content (AvgIpc) is 2.69. The van der Waals surface area contributed by atoms with E-state index in [-0.39, 0.29) is 57.1 Å². The van der Waals surface area contributed by atoms with Crippen LogP contribution in [0.5, 0.6) is 5.75 Å². The van der Waals surface area contributed by atoms with Gasteiger partial charge in [-0.2, -0.15) is 5.10 Å². The normalized spacial score (nSPS) is 14.0. The Labute approximate surface area is 129 Å². The Morgan fingerprint density at radius 1 is 1.47 bits per heavy atom. The van der Waals surface area contributed by atoms with E-state index in [1.54, 1.807) is 18.2 Å². The van der Waals surface area contributed by atoms with E-state index in [9.17, 15) is 5.11 Å². The Balaban J connectivity index is 0.00000112. The van der Waals surface area contributed by atoms with Crippen molar-refractivity contribution in [3.8, 4) is 5.75 Å². The largest absolute Gasteiger partial charge is 1.00 e. The van der Waals surface area contributed by atoms with Crippen LogP contribution in [0.4, 0.5) is 0 Å². The summed E-state index contributed by atoms with van der Waals surface area (Å²) in [6.07, 6.45) is 1.51. The van der Waals surface area contributed by atoms with Gasteiger partial charge in [0.1, 0.15) is 5.75 Å². The predicted octanol–water partition coefficient (Wildman–Crippen LogP) is -1.34. The van der Waals surface area contributed by atoms with E-state index >= 15 is 0 Å². The smallest absolute Gasteiger partial charge is 0.507 e. The molecule has 0 aliphatic carbocycles. The average molecular weight is 229 g/mol. The summed E-state index contributed by atoms with van der Waals surface area (Å²) < 4.78 is 0. The molecule has 0 amide bonds. The zero-order valence-electron chi connectivity index (χ0n) is 8.28. The van der Waals surface area contributed by atoms with Crippen LogP contribution in [-0.2, 0) is 0 Å². The molecular weight excluding hydrogens is 221 g/mol. The summed E-state index contributed by atoms with van der Waals surface area (Å²) in [4.78, 5) is 0. The molecule has 15 heavy (non-hydrogen) atoms. The Bertz CT molecular complexity index is 381. The second kappa shape index (κ2) is 6.18. The van der Waals surface area contributed by atoms with E-state index in [0.29, 0.717) is 12.2 Å². The molecule has 0 saturated heterocycles. The maximum Gasteiger partial charge on any atom is 1.00 e. The molecule has 0 saturated carbocycles. The molecule has 1 aromatic rings. The van der Waals surface area contributed by atoms with Crippen LogP contribution in [0, 0.1) is 0 Å². The van der Waals surface area contributed by atoms with Crippen LogP contribution in [-0.4, -0.2) is 23.1 Å². The van der Waals surface area contributed by atoms with Crippen molar-refractivity contribution in [3.63, 3.8) is 0 Å². The molecule has 7 heteroatoms. The maximum atomic E-state index is 9.40. The first kappa shape index (κ1) is 12.6. The molecule has 0 radical (unpaired) electrons. The van der Waals surface area contributed by atoms with Gasteiger partial charge in [0.2, 0.25) is 0 Å². The van der Waals surface area contributed by atoms with E-state index < -0.39 is 0 Å². The molecule has 0 bridgehead atoms. The maximum absolute atomic E-state index is 9.40.